The van der Waals surface area contributed by atoms with E-state index in [0.717, 1.165) is 43.5 Å². The Morgan fingerprint density at radius 2 is 2.16 bits per heavy atom. The van der Waals surface area contributed by atoms with Crippen LogP contribution in [0.15, 0.2) is 18.3 Å². The molecule has 0 radical (unpaired) electrons. The predicted molar refractivity (Wildman–Crippen MR) is 142 cm³/mol. The summed E-state index contributed by atoms with van der Waals surface area (Å²) in [6, 6.07) is 5.20. The van der Waals surface area contributed by atoms with Crippen LogP contribution in [0.3, 0.4) is 0 Å². The zero-order valence-electron chi connectivity index (χ0n) is 21.8. The Morgan fingerprint density at radius 3 is 2.92 bits per heavy atom. The second-order valence-electron chi connectivity index (χ2n) is 9.53. The van der Waals surface area contributed by atoms with E-state index in [-0.39, 0.29) is 11.5 Å². The van der Waals surface area contributed by atoms with E-state index in [1.165, 1.54) is 11.1 Å². The van der Waals surface area contributed by atoms with Crippen LogP contribution >= 0.6 is 0 Å². The lowest BCUT2D eigenvalue weighted by Crippen LogP contribution is -2.41. The smallest absolute Gasteiger partial charge is 0.328 e. The number of anilines is 3. The molecule has 1 atom stereocenters. The number of β-amino-alcohol motifs (C(OH)–C–C–N with tert-alkyl or cyclic N) is 1. The molecule has 0 saturated carbocycles. The summed E-state index contributed by atoms with van der Waals surface area (Å²) in [6.07, 6.45) is 3.86. The fraction of sp³-hybridized carbons (Fsp3) is 0.500. The first-order valence-corrected chi connectivity index (χ1v) is 12.7. The number of aliphatic hydroxyl groups excluding tert-OH is 1. The van der Waals surface area contributed by atoms with Gasteiger partial charge in [0.15, 0.2) is 6.29 Å². The summed E-state index contributed by atoms with van der Waals surface area (Å²) in [6.45, 7) is 3.96. The number of nitrogens with zero attached hydrogens (tertiary/aromatic N) is 6. The summed E-state index contributed by atoms with van der Waals surface area (Å²) in [4.78, 5) is 39.6. The van der Waals surface area contributed by atoms with Gasteiger partial charge in [0.2, 0.25) is 0 Å². The number of amides is 2. The number of hydrogen-bond acceptors (Lipinski definition) is 10. The first-order chi connectivity index (χ1) is 18.4. The zero-order chi connectivity index (χ0) is 27.1. The highest BCUT2D eigenvalue weighted by atomic mass is 16.5. The summed E-state index contributed by atoms with van der Waals surface area (Å²) >= 11 is 0. The van der Waals surface area contributed by atoms with Crippen LogP contribution in [-0.2, 0) is 17.7 Å². The molecule has 2 aromatic rings. The highest BCUT2D eigenvalue weighted by molar-refractivity contribution is 6.01. The van der Waals surface area contributed by atoms with Crippen molar-refractivity contribution in [3.05, 3.63) is 40.7 Å². The van der Waals surface area contributed by atoms with Crippen LogP contribution in [0.4, 0.5) is 22.1 Å². The average Bonchev–Trinajstić information content (AvgIpc) is 3.07. The lowest BCUT2D eigenvalue weighted by molar-refractivity contribution is -0.00621. The molecule has 2 amide bonds. The predicted octanol–water partition coefficient (Wildman–Crippen LogP) is 1.66. The molecule has 0 aliphatic carbocycles. The zero-order valence-corrected chi connectivity index (χ0v) is 21.8. The van der Waals surface area contributed by atoms with E-state index in [0.29, 0.717) is 56.1 Å². The van der Waals surface area contributed by atoms with Gasteiger partial charge in [-0.3, -0.25) is 19.9 Å². The number of likely N-dealkylation sites (N-methyl/N-ethyl adjacent to an activating group) is 1. The van der Waals surface area contributed by atoms with E-state index in [4.69, 9.17) is 4.74 Å². The number of urea groups is 1. The van der Waals surface area contributed by atoms with E-state index in [9.17, 15) is 20.0 Å². The van der Waals surface area contributed by atoms with Gasteiger partial charge >= 0.3 is 6.03 Å². The molecule has 4 heterocycles. The maximum Gasteiger partial charge on any atom is 0.328 e. The number of aliphatic hydroxyl groups is 1. The summed E-state index contributed by atoms with van der Waals surface area (Å²) in [7, 11) is 3.57. The van der Waals surface area contributed by atoms with Crippen molar-refractivity contribution in [1.82, 2.24) is 19.8 Å². The molecule has 2 aromatic heterocycles. The van der Waals surface area contributed by atoms with Gasteiger partial charge in [-0.2, -0.15) is 5.26 Å². The Hall–Kier alpha value is -3.63. The first-order valence-electron chi connectivity index (χ1n) is 12.7. The van der Waals surface area contributed by atoms with Gasteiger partial charge in [-0.25, -0.2) is 14.8 Å². The Balaban J connectivity index is 1.53. The Labute approximate surface area is 222 Å². The SMILES string of the molecule is COCCNc1cc(NC(=O)N2CCCc3cc(CN4CCCN(C)CC4O)c(C=O)nc32)ncc1C#N. The van der Waals surface area contributed by atoms with Gasteiger partial charge in [-0.15, -0.1) is 0 Å². The highest BCUT2D eigenvalue weighted by Crippen LogP contribution is 2.29. The largest absolute Gasteiger partial charge is 0.383 e. The molecule has 3 N–H and O–H groups in total. The second kappa shape index (κ2) is 12.7. The number of nitriles is 1. The third-order valence-corrected chi connectivity index (χ3v) is 6.77. The van der Waals surface area contributed by atoms with E-state index in [1.807, 2.05) is 18.0 Å². The molecule has 12 nitrogen and oxygen atoms in total. The number of pyridine rings is 2. The third-order valence-electron chi connectivity index (χ3n) is 6.77. The Morgan fingerprint density at radius 1 is 1.32 bits per heavy atom. The molecule has 1 fully saturated rings. The molecule has 1 saturated heterocycles. The number of fused-ring (bicyclic) bond motifs is 1. The number of aldehydes is 1. The van der Waals surface area contributed by atoms with Crippen LogP contribution in [0.1, 0.15) is 40.0 Å². The molecule has 202 valence electrons. The van der Waals surface area contributed by atoms with Crippen molar-refractivity contribution in [3.63, 3.8) is 0 Å². The summed E-state index contributed by atoms with van der Waals surface area (Å²) in [5.41, 5.74) is 2.78. The number of carbonyl (C=O) groups excluding carboxylic acids is 2. The van der Waals surface area contributed by atoms with Crippen molar-refractivity contribution in [2.75, 3.05) is 69.0 Å². The number of methoxy groups -OCH3 is 1. The van der Waals surface area contributed by atoms with Gasteiger partial charge < -0.3 is 20.1 Å². The van der Waals surface area contributed by atoms with Crippen LogP contribution in [0, 0.1) is 11.3 Å². The molecule has 0 spiro atoms. The molecule has 4 rings (SSSR count). The van der Waals surface area contributed by atoms with Crippen molar-refractivity contribution in [3.8, 4) is 6.07 Å². The summed E-state index contributed by atoms with van der Waals surface area (Å²) in [5, 5.41) is 25.9. The lowest BCUT2D eigenvalue weighted by Gasteiger charge is -2.30. The fourth-order valence-electron chi connectivity index (χ4n) is 4.79. The van der Waals surface area contributed by atoms with Gasteiger partial charge in [-0.05, 0) is 50.0 Å². The lowest BCUT2D eigenvalue weighted by atomic mass is 10.0. The Kier molecular flexibility index (Phi) is 9.19. The molecule has 38 heavy (non-hydrogen) atoms. The van der Waals surface area contributed by atoms with Gasteiger partial charge in [0.05, 0.1) is 17.9 Å². The van der Waals surface area contributed by atoms with Crippen molar-refractivity contribution < 1.29 is 19.4 Å². The second-order valence-corrected chi connectivity index (χ2v) is 9.53. The highest BCUT2D eigenvalue weighted by Gasteiger charge is 2.28. The normalized spacial score (nSPS) is 18.3. The van der Waals surface area contributed by atoms with Crippen molar-refractivity contribution >= 4 is 29.6 Å². The summed E-state index contributed by atoms with van der Waals surface area (Å²) < 4.78 is 5.04. The molecule has 0 bridgehead atoms. The van der Waals surface area contributed by atoms with Gasteiger partial charge in [0.25, 0.3) is 0 Å². The molecule has 2 aliphatic rings. The van der Waals surface area contributed by atoms with Gasteiger partial charge in [-0.1, -0.05) is 0 Å². The van der Waals surface area contributed by atoms with Crippen LogP contribution in [-0.4, -0.2) is 96.9 Å². The number of aromatic nitrogens is 2. The number of ether oxygens (including phenoxy) is 1. The number of hydrogen-bond donors (Lipinski definition) is 3. The molecular formula is C26H34N8O4. The quantitative estimate of drug-likeness (QED) is 0.345. The van der Waals surface area contributed by atoms with Gasteiger partial charge in [0, 0.05) is 52.1 Å². The third kappa shape index (κ3) is 6.43. The first kappa shape index (κ1) is 27.4. The van der Waals surface area contributed by atoms with Crippen molar-refractivity contribution in [1.29, 1.82) is 5.26 Å². The average molecular weight is 523 g/mol. The maximum atomic E-state index is 13.3. The van der Waals surface area contributed by atoms with E-state index >= 15 is 0 Å². The number of aryl methyl sites for hydroxylation is 1. The Bertz CT molecular complexity index is 1200. The molecule has 1 unspecified atom stereocenters. The van der Waals surface area contributed by atoms with E-state index < -0.39 is 12.3 Å². The fourth-order valence-corrected chi connectivity index (χ4v) is 4.79. The summed E-state index contributed by atoms with van der Waals surface area (Å²) in [5.74, 6) is 0.733. The number of nitrogens with one attached hydrogen (secondary N) is 2. The maximum absolute atomic E-state index is 13.3. The molecule has 2 aliphatic heterocycles. The minimum absolute atomic E-state index is 0.259. The topological polar surface area (TPSA) is 147 Å². The van der Waals surface area contributed by atoms with Gasteiger partial charge in [0.1, 0.15) is 29.6 Å². The van der Waals surface area contributed by atoms with Crippen LogP contribution in [0.5, 0.6) is 0 Å². The van der Waals surface area contributed by atoms with Crippen LogP contribution in [0.25, 0.3) is 0 Å². The minimum atomic E-state index is -0.630. The van der Waals surface area contributed by atoms with Crippen molar-refractivity contribution in [2.45, 2.75) is 32.0 Å². The number of carbonyl (C=O) groups is 2. The van der Waals surface area contributed by atoms with E-state index in [2.05, 4.69) is 31.6 Å². The standard InChI is InChI=1S/C26H34N8O4/c1-32-7-4-8-33(24(36)16-32)15-19-11-18-5-3-9-34(25(18)30-22(19)17-35)26(37)31-23-12-21(28-6-10-38-2)20(13-27)14-29-23/h11-12,14,17,24,36H,3-10,15-16H2,1-2H3,(H2,28,29,31,37). The van der Waals surface area contributed by atoms with Crippen molar-refractivity contribution in [2.24, 2.45) is 0 Å². The molecule has 12 heteroatoms. The monoisotopic (exact) mass is 522 g/mol. The molecule has 0 aromatic carbocycles. The minimum Gasteiger partial charge on any atom is -0.383 e. The number of rotatable bonds is 8. The van der Waals surface area contributed by atoms with Crippen LogP contribution in [0.2, 0.25) is 0 Å². The van der Waals surface area contributed by atoms with Crippen LogP contribution < -0.4 is 15.5 Å². The molecular weight excluding hydrogens is 488 g/mol. The van der Waals surface area contributed by atoms with E-state index in [1.54, 1.807) is 13.2 Å².